The summed E-state index contributed by atoms with van der Waals surface area (Å²) >= 11 is 0. The van der Waals surface area contributed by atoms with Gasteiger partial charge in [-0.1, -0.05) is 36.4 Å². The summed E-state index contributed by atoms with van der Waals surface area (Å²) in [5, 5.41) is 6.12. The largest absolute Gasteiger partial charge is 0.453 e. The van der Waals surface area contributed by atoms with Gasteiger partial charge in [-0.3, -0.25) is 0 Å². The fourth-order valence-electron chi connectivity index (χ4n) is 5.72. The highest BCUT2D eigenvalue weighted by Gasteiger charge is 2.23. The van der Waals surface area contributed by atoms with E-state index >= 15 is 0 Å². The van der Waals surface area contributed by atoms with Crippen LogP contribution in [-0.4, -0.2) is 9.97 Å². The van der Waals surface area contributed by atoms with E-state index in [0.717, 1.165) is 72.0 Å². The van der Waals surface area contributed by atoms with Crippen molar-refractivity contribution in [2.24, 2.45) is 9.98 Å². The highest BCUT2D eigenvalue weighted by atomic mass is 16.5. The summed E-state index contributed by atoms with van der Waals surface area (Å²) in [5.41, 5.74) is 6.76. The molecule has 0 saturated heterocycles. The lowest BCUT2D eigenvalue weighted by molar-refractivity contribution is 0.447. The summed E-state index contributed by atoms with van der Waals surface area (Å²) in [4.78, 5) is 17.0. The fraction of sp³-hybridized carbons (Fsp3) is 0.0323. The van der Waals surface area contributed by atoms with E-state index in [-0.39, 0.29) is 0 Å². The summed E-state index contributed by atoms with van der Waals surface area (Å²) in [6.45, 7) is 2.02. The van der Waals surface area contributed by atoms with E-state index in [0.29, 0.717) is 11.5 Å². The van der Waals surface area contributed by atoms with Gasteiger partial charge in [-0.15, -0.1) is 0 Å². The van der Waals surface area contributed by atoms with Crippen LogP contribution in [0.5, 0.6) is 23.0 Å². The van der Waals surface area contributed by atoms with Crippen LogP contribution in [-0.2, 0) is 0 Å². The molecule has 0 amide bonds. The normalized spacial score (nSPS) is 13.3. The van der Waals surface area contributed by atoms with E-state index in [2.05, 4.69) is 58.5 Å². The molecule has 2 N–H and O–H groups in total. The van der Waals surface area contributed by atoms with E-state index in [1.165, 1.54) is 10.8 Å². The zero-order chi connectivity index (χ0) is 24.2. The number of hydrogen-bond acceptors (Lipinski definition) is 4. The van der Waals surface area contributed by atoms with Crippen LogP contribution in [0.2, 0.25) is 0 Å². The van der Waals surface area contributed by atoms with E-state index in [1.807, 2.05) is 37.3 Å². The molecule has 4 heterocycles. The van der Waals surface area contributed by atoms with Gasteiger partial charge in [0.25, 0.3) is 0 Å². The summed E-state index contributed by atoms with van der Waals surface area (Å²) in [6.07, 6.45) is 0. The summed E-state index contributed by atoms with van der Waals surface area (Å²) < 4.78 is 12.8. The molecule has 6 nitrogen and oxygen atoms in total. The molecule has 174 valence electrons. The molecule has 0 spiro atoms. The van der Waals surface area contributed by atoms with Crippen molar-refractivity contribution in [2.45, 2.75) is 6.92 Å². The van der Waals surface area contributed by atoms with Gasteiger partial charge in [0.15, 0.2) is 23.0 Å². The summed E-state index contributed by atoms with van der Waals surface area (Å²) in [6, 6.07) is 26.8. The summed E-state index contributed by atoms with van der Waals surface area (Å²) in [7, 11) is 0. The second-order valence-electron chi connectivity index (χ2n) is 9.70. The van der Waals surface area contributed by atoms with Gasteiger partial charge in [0.2, 0.25) is 0 Å². The molecular weight excluding hydrogens is 460 g/mol. The Morgan fingerprint density at radius 1 is 0.568 bits per heavy atom. The first-order valence-corrected chi connectivity index (χ1v) is 12.3. The first kappa shape index (κ1) is 19.1. The van der Waals surface area contributed by atoms with Gasteiger partial charge in [0, 0.05) is 56.3 Å². The van der Waals surface area contributed by atoms with Crippen LogP contribution in [0.1, 0.15) is 5.56 Å². The maximum absolute atomic E-state index is 6.45. The van der Waals surface area contributed by atoms with Crippen molar-refractivity contribution in [3.63, 3.8) is 0 Å². The lowest BCUT2D eigenvalue weighted by Gasteiger charge is -2.20. The zero-order valence-corrected chi connectivity index (χ0v) is 19.7. The predicted octanol–water partition coefficient (Wildman–Crippen LogP) is 7.38. The topological polar surface area (TPSA) is 74.8 Å². The average molecular weight is 479 g/mol. The molecule has 5 aromatic carbocycles. The molecule has 0 bridgehead atoms. The van der Waals surface area contributed by atoms with Crippen molar-refractivity contribution in [1.29, 1.82) is 0 Å². The minimum absolute atomic E-state index is 0.684. The fourth-order valence-corrected chi connectivity index (χ4v) is 5.72. The number of rotatable bonds is 0. The maximum atomic E-state index is 6.45. The number of aromatic amines is 2. The van der Waals surface area contributed by atoms with Crippen molar-refractivity contribution in [2.75, 3.05) is 0 Å². The zero-order valence-electron chi connectivity index (χ0n) is 19.7. The third-order valence-corrected chi connectivity index (χ3v) is 7.51. The van der Waals surface area contributed by atoms with Crippen molar-refractivity contribution in [1.82, 2.24) is 9.97 Å². The maximum Gasteiger partial charge on any atom is 0.158 e. The van der Waals surface area contributed by atoms with Gasteiger partial charge < -0.3 is 19.4 Å². The van der Waals surface area contributed by atoms with E-state index < -0.39 is 0 Å². The molecule has 37 heavy (non-hydrogen) atoms. The van der Waals surface area contributed by atoms with Crippen LogP contribution in [0.25, 0.3) is 43.6 Å². The smallest absolute Gasteiger partial charge is 0.158 e. The molecule has 2 aromatic heterocycles. The first-order valence-electron chi connectivity index (χ1n) is 12.3. The number of para-hydroxylation sites is 2. The van der Waals surface area contributed by atoms with Crippen molar-refractivity contribution < 1.29 is 9.47 Å². The Morgan fingerprint density at radius 2 is 1.16 bits per heavy atom. The Bertz CT molecular complexity index is 2270. The van der Waals surface area contributed by atoms with Gasteiger partial charge in [-0.05, 0) is 31.2 Å². The van der Waals surface area contributed by atoms with Crippen LogP contribution >= 0.6 is 0 Å². The molecule has 2 aliphatic rings. The van der Waals surface area contributed by atoms with Gasteiger partial charge in [-0.2, -0.15) is 0 Å². The van der Waals surface area contributed by atoms with Crippen molar-refractivity contribution in [3.05, 3.63) is 95.1 Å². The highest BCUT2D eigenvalue weighted by Crippen LogP contribution is 2.43. The molecule has 6 heteroatoms. The first-order chi connectivity index (χ1) is 18.2. The number of H-pyrrole nitrogens is 2. The van der Waals surface area contributed by atoms with Crippen molar-refractivity contribution >= 4 is 55.0 Å². The number of ether oxygens (including phenoxy) is 2. The molecule has 0 unspecified atom stereocenters. The number of nitrogens with one attached hydrogen (secondary N) is 2. The molecule has 0 fully saturated rings. The average Bonchev–Trinajstić information content (AvgIpc) is 3.46. The highest BCUT2D eigenvalue weighted by molar-refractivity contribution is 6.09. The second-order valence-corrected chi connectivity index (χ2v) is 9.70. The minimum Gasteiger partial charge on any atom is -0.453 e. The van der Waals surface area contributed by atoms with Crippen LogP contribution < -0.4 is 20.2 Å². The Hall–Kier alpha value is -5.10. The van der Waals surface area contributed by atoms with Crippen molar-refractivity contribution in [3.8, 4) is 23.0 Å². The number of fused-ring (bicyclic) bond motifs is 10. The molecule has 7 aromatic rings. The van der Waals surface area contributed by atoms with E-state index in [9.17, 15) is 0 Å². The Balaban J connectivity index is 1.25. The predicted molar refractivity (Wildman–Crippen MR) is 145 cm³/mol. The molecule has 0 radical (unpaired) electrons. The lowest BCUT2D eigenvalue weighted by Crippen LogP contribution is -2.22. The molecule has 0 saturated carbocycles. The number of nitrogens with zero attached hydrogens (tertiary/aromatic N) is 2. The Labute approximate surface area is 209 Å². The third-order valence-electron chi connectivity index (χ3n) is 7.51. The number of hydrogen-bond donors (Lipinski definition) is 2. The minimum atomic E-state index is 0.684. The Morgan fingerprint density at radius 3 is 1.84 bits per heavy atom. The standard InChI is InChI=1S/C31H18N4O2/c1-15-30-29(36-27-12-22-19(11-25(27)35-30)17-7-3-5-9-21(17)32-22)14-26-31(15)37-28-13-23-18(10-24(28)34-26)16-6-2-4-8-20(16)33-23/h2-14,32-33H,1H3. The van der Waals surface area contributed by atoms with Gasteiger partial charge >= 0.3 is 0 Å². The molecule has 0 atom stereocenters. The van der Waals surface area contributed by atoms with Gasteiger partial charge in [0.1, 0.15) is 22.1 Å². The molecule has 9 rings (SSSR count). The van der Waals surface area contributed by atoms with Crippen LogP contribution in [0.3, 0.4) is 0 Å². The lowest BCUT2D eigenvalue weighted by atomic mass is 10.1. The molecule has 2 aliphatic heterocycles. The second kappa shape index (κ2) is 6.56. The van der Waals surface area contributed by atoms with Gasteiger partial charge in [-0.25, -0.2) is 9.98 Å². The molecule has 0 aliphatic carbocycles. The van der Waals surface area contributed by atoms with Crippen LogP contribution in [0.4, 0.5) is 11.4 Å². The molecular formula is C31H18N4O2. The summed E-state index contributed by atoms with van der Waals surface area (Å²) in [5.74, 6) is 2.85. The number of benzene rings is 5. The van der Waals surface area contributed by atoms with E-state index in [1.54, 1.807) is 0 Å². The van der Waals surface area contributed by atoms with Crippen LogP contribution in [0, 0.1) is 6.92 Å². The van der Waals surface area contributed by atoms with Gasteiger partial charge in [0.05, 0.1) is 11.0 Å². The quantitative estimate of drug-likeness (QED) is 0.239. The van der Waals surface area contributed by atoms with Crippen LogP contribution in [0.15, 0.2) is 88.8 Å². The van der Waals surface area contributed by atoms with E-state index in [4.69, 9.17) is 19.5 Å². The Kier molecular flexibility index (Phi) is 3.39. The third kappa shape index (κ3) is 2.53. The number of aromatic nitrogens is 2. The SMILES string of the molecule is Cc1c2c(cc3c1=Nc1cc4c(cc1O3)[nH]c1ccccc14)=Nc1cc3c(cc1O2)[nH]c1ccccc13. The monoisotopic (exact) mass is 478 g/mol.